The molecule has 0 heterocycles. The first-order chi connectivity index (χ1) is 9.19. The van der Waals surface area contributed by atoms with E-state index >= 15 is 0 Å². The number of aliphatic hydroxyl groups is 1. The van der Waals surface area contributed by atoms with Crippen molar-refractivity contribution in [2.75, 3.05) is 26.9 Å². The Balaban J connectivity index is 2.29. The third-order valence-corrected chi connectivity index (χ3v) is 3.52. The molecule has 0 saturated heterocycles. The van der Waals surface area contributed by atoms with Crippen LogP contribution >= 0.6 is 0 Å². The van der Waals surface area contributed by atoms with E-state index in [0.717, 1.165) is 5.56 Å². The number of rotatable bonds is 6. The summed E-state index contributed by atoms with van der Waals surface area (Å²) >= 11 is 0. The van der Waals surface area contributed by atoms with Gasteiger partial charge >= 0.3 is 0 Å². The van der Waals surface area contributed by atoms with Gasteiger partial charge in [0, 0.05) is 13.7 Å². The average molecular weight is 259 g/mol. The van der Waals surface area contributed by atoms with Crippen molar-refractivity contribution in [1.82, 2.24) is 5.32 Å². The zero-order valence-electron chi connectivity index (χ0n) is 11.5. The highest BCUT2D eigenvalue weighted by Crippen LogP contribution is 2.24. The van der Waals surface area contributed by atoms with Gasteiger partial charge in [0.15, 0.2) is 0 Å². The number of benzene rings is 2. The predicted octanol–water partition coefficient (Wildman–Crippen LogP) is 2.28. The number of hydrogen-bond acceptors (Lipinski definition) is 3. The average Bonchev–Trinajstić information content (AvgIpc) is 2.47. The van der Waals surface area contributed by atoms with Crippen LogP contribution in [0.15, 0.2) is 42.5 Å². The van der Waals surface area contributed by atoms with Crippen molar-refractivity contribution < 1.29 is 9.84 Å². The molecule has 0 aliphatic carbocycles. The van der Waals surface area contributed by atoms with Crippen LogP contribution in [0.25, 0.3) is 10.8 Å². The smallest absolute Gasteiger partial charge is 0.0652 e. The van der Waals surface area contributed by atoms with E-state index in [1.807, 2.05) is 19.1 Å². The number of fused-ring (bicyclic) bond motifs is 1. The summed E-state index contributed by atoms with van der Waals surface area (Å²) in [6, 6.07) is 14.5. The van der Waals surface area contributed by atoms with E-state index in [2.05, 4.69) is 35.6 Å². The molecule has 3 heteroatoms. The Labute approximate surface area is 114 Å². The van der Waals surface area contributed by atoms with Gasteiger partial charge in [-0.1, -0.05) is 36.4 Å². The Bertz CT molecular complexity index is 541. The van der Waals surface area contributed by atoms with Gasteiger partial charge in [-0.15, -0.1) is 0 Å². The highest BCUT2D eigenvalue weighted by Gasteiger charge is 2.24. The third-order valence-electron chi connectivity index (χ3n) is 3.52. The van der Waals surface area contributed by atoms with E-state index in [9.17, 15) is 5.11 Å². The van der Waals surface area contributed by atoms with Crippen LogP contribution in [-0.4, -0.2) is 32.0 Å². The molecule has 2 N–H and O–H groups in total. The molecule has 0 bridgehead atoms. The van der Waals surface area contributed by atoms with E-state index in [1.165, 1.54) is 10.8 Å². The van der Waals surface area contributed by atoms with Crippen LogP contribution < -0.4 is 5.32 Å². The molecule has 0 spiro atoms. The summed E-state index contributed by atoms with van der Waals surface area (Å²) in [5, 5.41) is 15.5. The second-order valence-corrected chi connectivity index (χ2v) is 4.97. The van der Waals surface area contributed by atoms with Gasteiger partial charge in [-0.25, -0.2) is 0 Å². The fourth-order valence-corrected chi connectivity index (χ4v) is 2.21. The van der Waals surface area contributed by atoms with E-state index in [1.54, 1.807) is 7.11 Å². The number of nitrogens with one attached hydrogen (secondary N) is 1. The minimum atomic E-state index is -0.442. The lowest BCUT2D eigenvalue weighted by Gasteiger charge is -2.29. The summed E-state index contributed by atoms with van der Waals surface area (Å²) < 4.78 is 5.04. The second-order valence-electron chi connectivity index (χ2n) is 4.97. The molecule has 2 aromatic carbocycles. The predicted molar refractivity (Wildman–Crippen MR) is 78.3 cm³/mol. The molecule has 0 aliphatic heterocycles. The summed E-state index contributed by atoms with van der Waals surface area (Å²) in [7, 11) is 1.67. The molecule has 0 aliphatic rings. The first-order valence-corrected chi connectivity index (χ1v) is 6.54. The van der Waals surface area contributed by atoms with Crippen LogP contribution in [-0.2, 0) is 10.3 Å². The van der Waals surface area contributed by atoms with Crippen molar-refractivity contribution in [1.29, 1.82) is 0 Å². The Hall–Kier alpha value is -1.42. The van der Waals surface area contributed by atoms with Crippen LogP contribution in [0.2, 0.25) is 0 Å². The highest BCUT2D eigenvalue weighted by atomic mass is 16.5. The lowest BCUT2D eigenvalue weighted by Crippen LogP contribution is -2.44. The molecule has 0 saturated carbocycles. The molecule has 102 valence electrons. The van der Waals surface area contributed by atoms with E-state index in [4.69, 9.17) is 4.74 Å². The van der Waals surface area contributed by atoms with Crippen LogP contribution in [0.5, 0.6) is 0 Å². The topological polar surface area (TPSA) is 41.5 Å². The monoisotopic (exact) mass is 259 g/mol. The van der Waals surface area contributed by atoms with E-state index < -0.39 is 5.54 Å². The molecule has 0 radical (unpaired) electrons. The summed E-state index contributed by atoms with van der Waals surface area (Å²) in [5.74, 6) is 0. The molecule has 3 nitrogen and oxygen atoms in total. The van der Waals surface area contributed by atoms with Crippen molar-refractivity contribution in [3.63, 3.8) is 0 Å². The molecule has 0 fully saturated rings. The van der Waals surface area contributed by atoms with Crippen molar-refractivity contribution in [3.05, 3.63) is 48.0 Å². The number of ether oxygens (including phenoxy) is 1. The molecule has 0 amide bonds. The Morgan fingerprint density at radius 2 is 1.89 bits per heavy atom. The summed E-state index contributed by atoms with van der Waals surface area (Å²) in [4.78, 5) is 0. The molecule has 1 atom stereocenters. The lowest BCUT2D eigenvalue weighted by molar-refractivity contribution is 0.148. The fraction of sp³-hybridized carbons (Fsp3) is 0.375. The quantitative estimate of drug-likeness (QED) is 0.782. The Kier molecular flexibility index (Phi) is 4.53. The number of aliphatic hydroxyl groups excluding tert-OH is 1. The largest absolute Gasteiger partial charge is 0.394 e. The van der Waals surface area contributed by atoms with Crippen LogP contribution in [0.3, 0.4) is 0 Å². The van der Waals surface area contributed by atoms with Crippen LogP contribution in [0.1, 0.15) is 12.5 Å². The SMILES string of the molecule is COCCNC(C)(CO)c1ccc2ccccc2c1. The molecule has 2 rings (SSSR count). The standard InChI is InChI=1S/C16H21NO2/c1-16(12-18,17-9-10-19-2)15-8-7-13-5-3-4-6-14(13)11-15/h3-8,11,17-18H,9-10,12H2,1-2H3. The van der Waals surface area contributed by atoms with Gasteiger partial charge in [0.1, 0.15) is 0 Å². The molecule has 1 unspecified atom stereocenters. The van der Waals surface area contributed by atoms with Gasteiger partial charge in [0.2, 0.25) is 0 Å². The molecule has 19 heavy (non-hydrogen) atoms. The molecule has 2 aromatic rings. The van der Waals surface area contributed by atoms with Gasteiger partial charge in [-0.2, -0.15) is 0 Å². The highest BCUT2D eigenvalue weighted by molar-refractivity contribution is 5.83. The van der Waals surface area contributed by atoms with Crippen molar-refractivity contribution in [2.45, 2.75) is 12.5 Å². The normalized spacial score (nSPS) is 14.5. The zero-order chi connectivity index (χ0) is 13.7. The minimum absolute atomic E-state index is 0.0506. The zero-order valence-corrected chi connectivity index (χ0v) is 11.5. The van der Waals surface area contributed by atoms with Gasteiger partial charge in [0.25, 0.3) is 0 Å². The second kappa shape index (κ2) is 6.15. The maximum atomic E-state index is 9.71. The number of methoxy groups -OCH3 is 1. The van der Waals surface area contributed by atoms with Crippen LogP contribution in [0.4, 0.5) is 0 Å². The van der Waals surface area contributed by atoms with Gasteiger partial charge in [0.05, 0.1) is 18.8 Å². The third kappa shape index (κ3) is 3.13. The maximum absolute atomic E-state index is 9.71. The summed E-state index contributed by atoms with van der Waals surface area (Å²) in [5.41, 5.74) is 0.646. The van der Waals surface area contributed by atoms with Gasteiger partial charge in [-0.05, 0) is 29.3 Å². The molecular formula is C16H21NO2. The van der Waals surface area contributed by atoms with Gasteiger partial charge < -0.3 is 15.2 Å². The van der Waals surface area contributed by atoms with Crippen LogP contribution in [0, 0.1) is 0 Å². The van der Waals surface area contributed by atoms with Crippen molar-refractivity contribution in [2.24, 2.45) is 0 Å². The van der Waals surface area contributed by atoms with Crippen molar-refractivity contribution >= 4 is 10.8 Å². The first kappa shape index (κ1) is 14.0. The fourth-order valence-electron chi connectivity index (χ4n) is 2.21. The lowest BCUT2D eigenvalue weighted by atomic mass is 9.91. The van der Waals surface area contributed by atoms with Gasteiger partial charge in [-0.3, -0.25) is 0 Å². The summed E-state index contributed by atoms with van der Waals surface area (Å²) in [6.07, 6.45) is 0. The van der Waals surface area contributed by atoms with Crippen molar-refractivity contribution in [3.8, 4) is 0 Å². The molecule has 0 aromatic heterocycles. The van der Waals surface area contributed by atoms with E-state index in [-0.39, 0.29) is 6.61 Å². The first-order valence-electron chi connectivity index (χ1n) is 6.54. The maximum Gasteiger partial charge on any atom is 0.0652 e. The Morgan fingerprint density at radius 3 is 2.58 bits per heavy atom. The minimum Gasteiger partial charge on any atom is -0.394 e. The number of hydrogen-bond donors (Lipinski definition) is 2. The summed E-state index contributed by atoms with van der Waals surface area (Å²) in [6.45, 7) is 3.39. The Morgan fingerprint density at radius 1 is 1.16 bits per heavy atom. The van der Waals surface area contributed by atoms with E-state index in [0.29, 0.717) is 13.2 Å². The molecular weight excluding hydrogens is 238 g/mol.